The van der Waals surface area contributed by atoms with Gasteiger partial charge in [0.15, 0.2) is 17.3 Å². The fraction of sp³-hybridized carbons (Fsp3) is 0.417. The Morgan fingerprint density at radius 2 is 1.97 bits per heavy atom. The fourth-order valence-electron chi connectivity index (χ4n) is 5.07. The number of hydrogen-bond donors (Lipinski definition) is 0. The van der Waals surface area contributed by atoms with Gasteiger partial charge in [0.1, 0.15) is 6.04 Å². The van der Waals surface area contributed by atoms with E-state index in [2.05, 4.69) is 20.4 Å². The van der Waals surface area contributed by atoms with Crippen molar-refractivity contribution in [3.8, 4) is 22.9 Å². The first-order chi connectivity index (χ1) is 17.2. The Morgan fingerprint density at radius 3 is 2.80 bits per heavy atom. The van der Waals surface area contributed by atoms with E-state index < -0.39 is 0 Å². The van der Waals surface area contributed by atoms with Crippen molar-refractivity contribution in [1.82, 2.24) is 30.0 Å². The van der Waals surface area contributed by atoms with Gasteiger partial charge in [-0.1, -0.05) is 12.1 Å². The van der Waals surface area contributed by atoms with Crippen LogP contribution in [0.4, 0.5) is 0 Å². The quantitative estimate of drug-likeness (QED) is 0.551. The van der Waals surface area contributed by atoms with Crippen molar-refractivity contribution in [2.75, 3.05) is 53.8 Å². The molecule has 0 aliphatic carbocycles. The molecule has 0 radical (unpaired) electrons. The highest BCUT2D eigenvalue weighted by molar-refractivity contribution is 5.97. The van der Waals surface area contributed by atoms with Gasteiger partial charge < -0.3 is 23.8 Å². The standard InChI is InChI=1S/C24H26N6O5/c1-28-8-7-15-13-18-21(35-14-34-18)22(32-2)19(15)20(28)23-25-26-27-30(23)17-6-4-3-5-16(17)24(31)29-9-11-33-12-10-29/h3-6,13,20H,7-12,14H2,1-2H3. The SMILES string of the molecule is COc1c2c(cc3c1C(c1nnnn1-c1ccccc1C(=O)N1CCOCC1)N(C)CC3)OCO2. The van der Waals surface area contributed by atoms with Crippen LogP contribution in [0.1, 0.15) is 33.4 Å². The molecule has 3 aliphatic heterocycles. The average Bonchev–Trinajstić information content (AvgIpc) is 3.57. The normalized spacial score (nSPS) is 19.5. The number of tetrazole rings is 1. The van der Waals surface area contributed by atoms with E-state index in [1.165, 1.54) is 0 Å². The first-order valence-electron chi connectivity index (χ1n) is 11.6. The molecule has 0 N–H and O–H groups in total. The van der Waals surface area contributed by atoms with Crippen LogP contribution in [0.25, 0.3) is 5.69 Å². The Kier molecular flexibility index (Phi) is 5.50. The van der Waals surface area contributed by atoms with Crippen molar-refractivity contribution in [2.45, 2.75) is 12.5 Å². The van der Waals surface area contributed by atoms with Gasteiger partial charge in [-0.15, -0.1) is 5.10 Å². The molecular weight excluding hydrogens is 452 g/mol. The number of hydrogen-bond acceptors (Lipinski definition) is 9. The molecule has 0 spiro atoms. The van der Waals surface area contributed by atoms with E-state index >= 15 is 0 Å². The minimum atomic E-state index is -0.315. The summed E-state index contributed by atoms with van der Waals surface area (Å²) in [5.41, 5.74) is 3.21. The van der Waals surface area contributed by atoms with Gasteiger partial charge in [-0.25, -0.2) is 0 Å². The number of methoxy groups -OCH3 is 1. The van der Waals surface area contributed by atoms with Crippen molar-refractivity contribution < 1.29 is 23.7 Å². The van der Waals surface area contributed by atoms with Crippen LogP contribution in [-0.2, 0) is 11.2 Å². The van der Waals surface area contributed by atoms with Crippen LogP contribution in [0, 0.1) is 0 Å². The molecule has 182 valence electrons. The number of aromatic nitrogens is 4. The molecule has 1 saturated heterocycles. The topological polar surface area (TPSA) is 104 Å². The van der Waals surface area contributed by atoms with Crippen LogP contribution in [0.5, 0.6) is 17.2 Å². The summed E-state index contributed by atoms with van der Waals surface area (Å²) < 4.78 is 24.3. The monoisotopic (exact) mass is 478 g/mol. The number of benzene rings is 2. The van der Waals surface area contributed by atoms with E-state index in [1.54, 1.807) is 16.7 Å². The molecule has 3 aliphatic rings. The molecular formula is C24H26N6O5. The highest BCUT2D eigenvalue weighted by Crippen LogP contribution is 2.50. The Morgan fingerprint density at radius 1 is 1.14 bits per heavy atom. The predicted molar refractivity (Wildman–Crippen MR) is 123 cm³/mol. The summed E-state index contributed by atoms with van der Waals surface area (Å²) in [6.45, 7) is 3.12. The summed E-state index contributed by atoms with van der Waals surface area (Å²) in [5, 5.41) is 12.8. The van der Waals surface area contributed by atoms with Crippen molar-refractivity contribution in [1.29, 1.82) is 0 Å². The maximum Gasteiger partial charge on any atom is 0.256 e. The lowest BCUT2D eigenvalue weighted by atomic mass is 9.90. The molecule has 1 aromatic heterocycles. The van der Waals surface area contributed by atoms with E-state index in [9.17, 15) is 4.79 Å². The van der Waals surface area contributed by atoms with Crippen LogP contribution < -0.4 is 14.2 Å². The molecule has 0 bridgehead atoms. The lowest BCUT2D eigenvalue weighted by molar-refractivity contribution is 0.0303. The maximum atomic E-state index is 13.4. The van der Waals surface area contributed by atoms with Crippen LogP contribution in [0.2, 0.25) is 0 Å². The lowest BCUT2D eigenvalue weighted by Gasteiger charge is -2.35. The Hall–Kier alpha value is -3.70. The summed E-state index contributed by atoms with van der Waals surface area (Å²) in [6, 6.07) is 9.12. The second-order valence-corrected chi connectivity index (χ2v) is 8.72. The summed E-state index contributed by atoms with van der Waals surface area (Å²) in [7, 11) is 3.66. The number of nitrogens with zero attached hydrogens (tertiary/aromatic N) is 6. The number of amides is 1. The summed E-state index contributed by atoms with van der Waals surface area (Å²) in [5.74, 6) is 2.42. The number of fused-ring (bicyclic) bond motifs is 2. The van der Waals surface area contributed by atoms with Gasteiger partial charge in [0.05, 0.1) is 31.6 Å². The molecule has 1 fully saturated rings. The van der Waals surface area contributed by atoms with Gasteiger partial charge in [-0.3, -0.25) is 9.69 Å². The number of rotatable bonds is 4. The number of ether oxygens (including phenoxy) is 4. The van der Waals surface area contributed by atoms with Gasteiger partial charge in [-0.2, -0.15) is 4.68 Å². The molecule has 1 atom stereocenters. The van der Waals surface area contributed by atoms with Crippen molar-refractivity contribution in [2.24, 2.45) is 0 Å². The summed E-state index contributed by atoms with van der Waals surface area (Å²) in [6.07, 6.45) is 0.822. The Balaban J connectivity index is 1.47. The molecule has 1 unspecified atom stereocenters. The largest absolute Gasteiger partial charge is 0.492 e. The third-order valence-corrected chi connectivity index (χ3v) is 6.79. The second kappa shape index (κ2) is 8.82. The first kappa shape index (κ1) is 21.8. The van der Waals surface area contributed by atoms with E-state index in [0.717, 1.165) is 24.1 Å². The number of carbonyl (C=O) groups excluding carboxylic acids is 1. The van der Waals surface area contributed by atoms with E-state index in [1.807, 2.05) is 37.4 Å². The van der Waals surface area contributed by atoms with Crippen LogP contribution in [0.3, 0.4) is 0 Å². The summed E-state index contributed by atoms with van der Waals surface area (Å²) in [4.78, 5) is 17.4. The minimum Gasteiger partial charge on any atom is -0.492 e. The highest BCUT2D eigenvalue weighted by atomic mass is 16.7. The second-order valence-electron chi connectivity index (χ2n) is 8.72. The van der Waals surface area contributed by atoms with Crippen molar-refractivity contribution in [3.05, 3.63) is 52.8 Å². The van der Waals surface area contributed by atoms with Crippen molar-refractivity contribution >= 4 is 5.91 Å². The average molecular weight is 479 g/mol. The van der Waals surface area contributed by atoms with Crippen LogP contribution >= 0.6 is 0 Å². The molecule has 0 saturated carbocycles. The van der Waals surface area contributed by atoms with Gasteiger partial charge in [0.25, 0.3) is 5.91 Å². The van der Waals surface area contributed by atoms with Gasteiger partial charge in [0, 0.05) is 25.2 Å². The minimum absolute atomic E-state index is 0.0660. The molecule has 2 aromatic carbocycles. The molecule has 11 nitrogen and oxygen atoms in total. The zero-order chi connectivity index (χ0) is 23.9. The number of likely N-dealkylation sites (N-methyl/N-ethyl adjacent to an activating group) is 1. The Bertz CT molecular complexity index is 1270. The maximum absolute atomic E-state index is 13.4. The zero-order valence-electron chi connectivity index (χ0n) is 19.6. The third kappa shape index (κ3) is 3.58. The predicted octanol–water partition coefficient (Wildman–Crippen LogP) is 1.45. The van der Waals surface area contributed by atoms with E-state index in [4.69, 9.17) is 18.9 Å². The fourth-order valence-corrected chi connectivity index (χ4v) is 5.07. The molecule has 3 aromatic rings. The molecule has 35 heavy (non-hydrogen) atoms. The van der Waals surface area contributed by atoms with Crippen molar-refractivity contribution in [3.63, 3.8) is 0 Å². The smallest absolute Gasteiger partial charge is 0.256 e. The van der Waals surface area contributed by atoms with Gasteiger partial charge >= 0.3 is 0 Å². The molecule has 6 rings (SSSR count). The third-order valence-electron chi connectivity index (χ3n) is 6.79. The van der Waals surface area contributed by atoms with Gasteiger partial charge in [0.2, 0.25) is 12.5 Å². The first-order valence-corrected chi connectivity index (χ1v) is 11.6. The molecule has 11 heteroatoms. The molecule has 1 amide bonds. The number of para-hydroxylation sites is 1. The van der Waals surface area contributed by atoms with E-state index in [0.29, 0.717) is 60.6 Å². The zero-order valence-corrected chi connectivity index (χ0v) is 19.6. The highest BCUT2D eigenvalue weighted by Gasteiger charge is 2.38. The van der Waals surface area contributed by atoms with Gasteiger partial charge in [-0.05, 0) is 47.7 Å². The molecule has 4 heterocycles. The van der Waals surface area contributed by atoms with Crippen LogP contribution in [-0.4, -0.2) is 89.7 Å². The number of morpholine rings is 1. The lowest BCUT2D eigenvalue weighted by Crippen LogP contribution is -2.41. The number of carbonyl (C=O) groups is 1. The summed E-state index contributed by atoms with van der Waals surface area (Å²) >= 11 is 0. The van der Waals surface area contributed by atoms with Crippen LogP contribution in [0.15, 0.2) is 30.3 Å². The Labute approximate surface area is 202 Å². The van der Waals surface area contributed by atoms with E-state index in [-0.39, 0.29) is 18.7 Å².